The van der Waals surface area contributed by atoms with E-state index in [4.69, 9.17) is 9.47 Å². The summed E-state index contributed by atoms with van der Waals surface area (Å²) in [6.07, 6.45) is 2.43. The van der Waals surface area contributed by atoms with E-state index >= 15 is 0 Å². The average Bonchev–Trinajstić information content (AvgIpc) is 3.13. The van der Waals surface area contributed by atoms with Gasteiger partial charge in [-0.1, -0.05) is 31.2 Å². The van der Waals surface area contributed by atoms with Crippen molar-refractivity contribution in [1.29, 1.82) is 0 Å². The molecule has 0 aliphatic carbocycles. The number of ketones is 1. The zero-order valence-electron chi connectivity index (χ0n) is 18.6. The van der Waals surface area contributed by atoms with E-state index in [9.17, 15) is 14.7 Å². The van der Waals surface area contributed by atoms with Gasteiger partial charge >= 0.3 is 0 Å². The maximum absolute atomic E-state index is 13.3. The molecule has 33 heavy (non-hydrogen) atoms. The van der Waals surface area contributed by atoms with Crippen LogP contribution in [0, 0.1) is 0 Å². The normalized spacial score (nSPS) is 17.3. The van der Waals surface area contributed by atoms with Crippen molar-refractivity contribution in [3.8, 4) is 11.5 Å². The van der Waals surface area contributed by atoms with Gasteiger partial charge in [0.15, 0.2) is 0 Å². The number of hydrogen-bond donors (Lipinski definition) is 1. The van der Waals surface area contributed by atoms with Gasteiger partial charge in [0, 0.05) is 11.9 Å². The smallest absolute Gasteiger partial charge is 0.300 e. The van der Waals surface area contributed by atoms with Crippen molar-refractivity contribution in [1.82, 2.24) is 4.98 Å². The van der Waals surface area contributed by atoms with Gasteiger partial charge in [-0.05, 0) is 48.4 Å². The number of ether oxygens (including phenoxy) is 2. The Bertz CT molecular complexity index is 1200. The van der Waals surface area contributed by atoms with Crippen LogP contribution in [0.2, 0.25) is 0 Å². The summed E-state index contributed by atoms with van der Waals surface area (Å²) >= 11 is 0. The van der Waals surface area contributed by atoms with E-state index < -0.39 is 17.7 Å². The fraction of sp³-hybridized carbons (Fsp3) is 0.192. The fourth-order valence-corrected chi connectivity index (χ4v) is 4.03. The summed E-state index contributed by atoms with van der Waals surface area (Å²) in [7, 11) is 2.91. The molecule has 0 spiro atoms. The molecule has 7 heteroatoms. The number of Topliss-reactive ketones (excluding diaryl/α,β-unsaturated/α-hetero) is 1. The average molecular weight is 444 g/mol. The summed E-state index contributed by atoms with van der Waals surface area (Å²) in [6, 6.07) is 16.7. The second-order valence-electron chi connectivity index (χ2n) is 7.48. The SMILES string of the molecule is CCc1ccc(N2C(=O)C(=O)/C(=C(/O)c3c(OC)cccc3OC)C2c2ccccn2)cc1. The zero-order chi connectivity index (χ0) is 23.5. The number of amides is 1. The van der Waals surface area contributed by atoms with Crippen LogP contribution in [0.15, 0.2) is 72.4 Å². The van der Waals surface area contributed by atoms with E-state index in [2.05, 4.69) is 4.98 Å². The Hall–Kier alpha value is -4.13. The van der Waals surface area contributed by atoms with E-state index in [1.165, 1.54) is 19.1 Å². The largest absolute Gasteiger partial charge is 0.506 e. The van der Waals surface area contributed by atoms with Gasteiger partial charge in [-0.25, -0.2) is 0 Å². The van der Waals surface area contributed by atoms with Crippen LogP contribution >= 0.6 is 0 Å². The molecule has 1 N–H and O–H groups in total. The van der Waals surface area contributed by atoms with Gasteiger partial charge in [-0.15, -0.1) is 0 Å². The maximum Gasteiger partial charge on any atom is 0.300 e. The van der Waals surface area contributed by atoms with Gasteiger partial charge in [0.2, 0.25) is 0 Å². The van der Waals surface area contributed by atoms with E-state index in [1.54, 1.807) is 54.7 Å². The minimum absolute atomic E-state index is 0.0823. The molecule has 1 amide bonds. The number of aliphatic hydroxyl groups excluding tert-OH is 1. The van der Waals surface area contributed by atoms with Crippen molar-refractivity contribution in [2.45, 2.75) is 19.4 Å². The molecule has 1 atom stereocenters. The molecule has 1 aliphatic rings. The number of aryl methyl sites for hydroxylation is 1. The first kappa shape index (κ1) is 22.1. The fourth-order valence-electron chi connectivity index (χ4n) is 4.03. The molecule has 1 aromatic heterocycles. The molecule has 1 unspecified atom stereocenters. The molecule has 3 aromatic rings. The number of hydrogen-bond acceptors (Lipinski definition) is 6. The Balaban J connectivity index is 1.97. The number of aromatic nitrogens is 1. The molecular formula is C26H24N2O5. The first-order valence-corrected chi connectivity index (χ1v) is 10.5. The quantitative estimate of drug-likeness (QED) is 0.347. The summed E-state index contributed by atoms with van der Waals surface area (Å²) in [5, 5.41) is 11.4. The second kappa shape index (κ2) is 9.16. The lowest BCUT2D eigenvalue weighted by molar-refractivity contribution is -0.132. The number of aliphatic hydroxyl groups is 1. The number of rotatable bonds is 6. The summed E-state index contributed by atoms with van der Waals surface area (Å²) in [4.78, 5) is 32.3. The summed E-state index contributed by atoms with van der Waals surface area (Å²) in [5.41, 5.74) is 2.20. The van der Waals surface area contributed by atoms with E-state index in [0.717, 1.165) is 12.0 Å². The van der Waals surface area contributed by atoms with Crippen molar-refractivity contribution in [2.75, 3.05) is 19.1 Å². The highest BCUT2D eigenvalue weighted by atomic mass is 16.5. The number of anilines is 1. The van der Waals surface area contributed by atoms with Crippen LogP contribution in [0.3, 0.4) is 0 Å². The summed E-state index contributed by atoms with van der Waals surface area (Å²) < 4.78 is 10.8. The van der Waals surface area contributed by atoms with Crippen molar-refractivity contribution >= 4 is 23.1 Å². The molecule has 1 aliphatic heterocycles. The molecule has 2 heterocycles. The van der Waals surface area contributed by atoms with Crippen LogP contribution in [-0.4, -0.2) is 36.0 Å². The van der Waals surface area contributed by atoms with Crippen molar-refractivity contribution in [3.63, 3.8) is 0 Å². The summed E-state index contributed by atoms with van der Waals surface area (Å²) in [5.74, 6) is -1.32. The lowest BCUT2D eigenvalue weighted by Crippen LogP contribution is -2.29. The highest BCUT2D eigenvalue weighted by molar-refractivity contribution is 6.51. The number of carbonyl (C=O) groups is 2. The monoisotopic (exact) mass is 444 g/mol. The third-order valence-corrected chi connectivity index (χ3v) is 5.70. The highest BCUT2D eigenvalue weighted by Crippen LogP contribution is 2.44. The van der Waals surface area contributed by atoms with Gasteiger partial charge in [-0.3, -0.25) is 19.5 Å². The third-order valence-electron chi connectivity index (χ3n) is 5.70. The Morgan fingerprint density at radius 2 is 1.64 bits per heavy atom. The zero-order valence-corrected chi connectivity index (χ0v) is 18.6. The standard InChI is InChI=1S/C26H24N2O5/c1-4-16-11-13-17(14-12-16)28-23(18-8-5-6-15-27-18)22(25(30)26(28)31)24(29)21-19(32-2)9-7-10-20(21)33-3/h5-15,23,29H,4H2,1-3H3/b24-22+. The summed E-state index contributed by atoms with van der Waals surface area (Å²) in [6.45, 7) is 2.04. The van der Waals surface area contributed by atoms with Crippen LogP contribution < -0.4 is 14.4 Å². The molecule has 2 aromatic carbocycles. The van der Waals surface area contributed by atoms with Gasteiger partial charge in [-0.2, -0.15) is 0 Å². The molecule has 1 saturated heterocycles. The number of benzene rings is 2. The van der Waals surface area contributed by atoms with E-state index in [-0.39, 0.29) is 16.9 Å². The van der Waals surface area contributed by atoms with Crippen molar-refractivity contribution in [2.24, 2.45) is 0 Å². The first-order valence-electron chi connectivity index (χ1n) is 10.5. The Morgan fingerprint density at radius 3 is 2.18 bits per heavy atom. The van der Waals surface area contributed by atoms with Crippen molar-refractivity contribution < 1.29 is 24.2 Å². The molecule has 168 valence electrons. The number of methoxy groups -OCH3 is 2. The Kier molecular flexibility index (Phi) is 6.13. The third kappa shape index (κ3) is 3.82. The van der Waals surface area contributed by atoms with Gasteiger partial charge < -0.3 is 14.6 Å². The minimum Gasteiger partial charge on any atom is -0.506 e. The predicted molar refractivity (Wildman–Crippen MR) is 124 cm³/mol. The van der Waals surface area contributed by atoms with Crippen molar-refractivity contribution in [3.05, 3.63) is 89.3 Å². The number of pyridine rings is 1. The Morgan fingerprint density at radius 1 is 0.970 bits per heavy atom. The molecule has 7 nitrogen and oxygen atoms in total. The van der Waals surface area contributed by atoms with Crippen LogP contribution in [0.5, 0.6) is 11.5 Å². The molecule has 0 radical (unpaired) electrons. The molecule has 4 rings (SSSR count). The molecule has 0 saturated carbocycles. The van der Waals surface area contributed by atoms with Crippen LogP contribution in [-0.2, 0) is 16.0 Å². The van der Waals surface area contributed by atoms with E-state index in [0.29, 0.717) is 22.9 Å². The number of nitrogens with zero attached hydrogens (tertiary/aromatic N) is 2. The highest BCUT2D eigenvalue weighted by Gasteiger charge is 2.48. The van der Waals surface area contributed by atoms with Crippen LogP contribution in [0.4, 0.5) is 5.69 Å². The first-order chi connectivity index (χ1) is 16.0. The predicted octanol–water partition coefficient (Wildman–Crippen LogP) is 4.29. The maximum atomic E-state index is 13.3. The Labute approximate surface area is 191 Å². The van der Waals surface area contributed by atoms with Gasteiger partial charge in [0.25, 0.3) is 11.7 Å². The molecule has 0 bridgehead atoms. The van der Waals surface area contributed by atoms with Crippen LogP contribution in [0.25, 0.3) is 5.76 Å². The van der Waals surface area contributed by atoms with E-state index in [1.807, 2.05) is 19.1 Å². The number of carbonyl (C=O) groups excluding carboxylic acids is 2. The molecule has 1 fully saturated rings. The topological polar surface area (TPSA) is 89.0 Å². The van der Waals surface area contributed by atoms with Gasteiger partial charge in [0.1, 0.15) is 28.9 Å². The van der Waals surface area contributed by atoms with Gasteiger partial charge in [0.05, 0.1) is 25.5 Å². The molecular weight excluding hydrogens is 420 g/mol. The second-order valence-corrected chi connectivity index (χ2v) is 7.48. The van der Waals surface area contributed by atoms with Crippen LogP contribution in [0.1, 0.15) is 29.8 Å². The lowest BCUT2D eigenvalue weighted by Gasteiger charge is -2.25. The lowest BCUT2D eigenvalue weighted by atomic mass is 9.97. The minimum atomic E-state index is -0.923.